The molecule has 1 saturated heterocycles. The van der Waals surface area contributed by atoms with E-state index in [2.05, 4.69) is 30.9 Å². The summed E-state index contributed by atoms with van der Waals surface area (Å²) in [6.45, 7) is 2.21. The number of alkyl halides is 3. The fourth-order valence-electron chi connectivity index (χ4n) is 3.92. The van der Waals surface area contributed by atoms with Gasteiger partial charge in [0, 0.05) is 31.0 Å². The number of primary amides is 1. The number of carbonyl (C=O) groups excluding carboxylic acids is 2. The Morgan fingerprint density at radius 1 is 1.23 bits per heavy atom. The van der Waals surface area contributed by atoms with Crippen molar-refractivity contribution in [2.45, 2.75) is 37.9 Å². The first-order chi connectivity index (χ1) is 16.5. The SMILES string of the molecule is Cc1cc(Nc2nccc(C(F)(F)F)n2)cc(-c2cnc(C3(NC(N)=O)CCNC(=O)CC3)s2)c1. The summed E-state index contributed by atoms with van der Waals surface area (Å²) in [5, 5.41) is 9.01. The highest BCUT2D eigenvalue weighted by Crippen LogP contribution is 2.38. The van der Waals surface area contributed by atoms with E-state index < -0.39 is 23.4 Å². The van der Waals surface area contributed by atoms with E-state index in [1.807, 2.05) is 13.0 Å². The van der Waals surface area contributed by atoms with Crippen molar-refractivity contribution in [3.63, 3.8) is 0 Å². The maximum Gasteiger partial charge on any atom is 0.433 e. The van der Waals surface area contributed by atoms with Crippen LogP contribution in [0.15, 0.2) is 36.7 Å². The van der Waals surface area contributed by atoms with Crippen molar-refractivity contribution in [2.75, 3.05) is 11.9 Å². The molecule has 0 bridgehead atoms. The number of nitrogens with one attached hydrogen (secondary N) is 3. The molecule has 3 aromatic rings. The average molecular weight is 506 g/mol. The van der Waals surface area contributed by atoms with Crippen molar-refractivity contribution in [1.29, 1.82) is 0 Å². The first-order valence-electron chi connectivity index (χ1n) is 10.6. The number of hydrogen-bond donors (Lipinski definition) is 4. The zero-order chi connectivity index (χ0) is 25.2. The number of aromatic nitrogens is 3. The lowest BCUT2D eigenvalue weighted by Gasteiger charge is -2.30. The van der Waals surface area contributed by atoms with Gasteiger partial charge in [0.25, 0.3) is 0 Å². The molecular formula is C22H22F3N7O2S. The van der Waals surface area contributed by atoms with Gasteiger partial charge >= 0.3 is 12.2 Å². The lowest BCUT2D eigenvalue weighted by atomic mass is 9.91. The molecule has 4 rings (SSSR count). The standard InChI is InChI=1S/C22H22F3N7O2S/c1-12-8-13(10-14(9-12)30-20-28-6-3-16(31-20)22(23,24)25)15-11-29-18(35-15)21(32-19(26)34)4-2-17(33)27-7-5-21/h3,6,8-11H,2,4-5,7H2,1H3,(H,27,33)(H3,26,32,34)(H,28,30,31). The third-order valence-electron chi connectivity index (χ3n) is 5.49. The predicted octanol–water partition coefficient (Wildman–Crippen LogP) is 3.83. The molecule has 1 atom stereocenters. The van der Waals surface area contributed by atoms with Gasteiger partial charge in [-0.25, -0.2) is 19.7 Å². The molecular weight excluding hydrogens is 483 g/mol. The number of amides is 3. The Morgan fingerprint density at radius 3 is 2.77 bits per heavy atom. The summed E-state index contributed by atoms with van der Waals surface area (Å²) in [4.78, 5) is 36.3. The second-order valence-electron chi connectivity index (χ2n) is 8.18. The van der Waals surface area contributed by atoms with Crippen LogP contribution in [0.5, 0.6) is 0 Å². The highest BCUT2D eigenvalue weighted by atomic mass is 32.1. The summed E-state index contributed by atoms with van der Waals surface area (Å²) in [5.74, 6) is -0.289. The van der Waals surface area contributed by atoms with E-state index in [4.69, 9.17) is 5.73 Å². The second kappa shape index (κ2) is 9.49. The highest BCUT2D eigenvalue weighted by Gasteiger charge is 2.38. The molecule has 1 fully saturated rings. The van der Waals surface area contributed by atoms with Crippen LogP contribution in [0, 0.1) is 6.92 Å². The van der Waals surface area contributed by atoms with Crippen molar-refractivity contribution in [3.8, 4) is 10.4 Å². The zero-order valence-corrected chi connectivity index (χ0v) is 19.4. The van der Waals surface area contributed by atoms with E-state index in [0.29, 0.717) is 30.1 Å². The number of carbonyl (C=O) groups is 2. The van der Waals surface area contributed by atoms with Crippen molar-refractivity contribution in [3.05, 3.63) is 52.9 Å². The molecule has 0 aliphatic carbocycles. The van der Waals surface area contributed by atoms with Crippen LogP contribution < -0.4 is 21.7 Å². The van der Waals surface area contributed by atoms with E-state index in [1.54, 1.807) is 18.3 Å². The van der Waals surface area contributed by atoms with Gasteiger partial charge in [0.05, 0.1) is 10.4 Å². The highest BCUT2D eigenvalue weighted by molar-refractivity contribution is 7.15. The van der Waals surface area contributed by atoms with Crippen LogP contribution in [0.4, 0.5) is 29.6 Å². The number of thiazole rings is 1. The van der Waals surface area contributed by atoms with Crippen LogP contribution in [0.3, 0.4) is 0 Å². The van der Waals surface area contributed by atoms with E-state index in [9.17, 15) is 22.8 Å². The monoisotopic (exact) mass is 505 g/mol. The van der Waals surface area contributed by atoms with Gasteiger partial charge in [-0.05, 0) is 49.1 Å². The van der Waals surface area contributed by atoms with Crippen LogP contribution in [0.25, 0.3) is 10.4 Å². The van der Waals surface area contributed by atoms with Gasteiger partial charge in [-0.15, -0.1) is 11.3 Å². The summed E-state index contributed by atoms with van der Waals surface area (Å²) >= 11 is 1.35. The average Bonchev–Trinajstić information content (AvgIpc) is 3.20. The molecule has 3 amide bonds. The molecule has 1 aliphatic rings. The van der Waals surface area contributed by atoms with Gasteiger partial charge in [0.15, 0.2) is 0 Å². The maximum atomic E-state index is 13.0. The lowest BCUT2D eigenvalue weighted by Crippen LogP contribution is -2.48. The molecule has 0 radical (unpaired) electrons. The first-order valence-corrected chi connectivity index (χ1v) is 11.5. The van der Waals surface area contributed by atoms with Crippen LogP contribution >= 0.6 is 11.3 Å². The molecule has 2 aromatic heterocycles. The molecule has 1 aliphatic heterocycles. The Balaban J connectivity index is 1.64. The van der Waals surface area contributed by atoms with E-state index in [-0.39, 0.29) is 18.3 Å². The molecule has 0 spiro atoms. The number of nitrogens with two attached hydrogens (primary N) is 1. The Bertz CT molecular complexity index is 1260. The van der Waals surface area contributed by atoms with Gasteiger partial charge in [-0.1, -0.05) is 6.07 Å². The minimum Gasteiger partial charge on any atom is -0.356 e. The molecule has 184 valence electrons. The zero-order valence-electron chi connectivity index (χ0n) is 18.6. The topological polar surface area (TPSA) is 135 Å². The Labute approximate surface area is 202 Å². The molecule has 1 aromatic carbocycles. The maximum absolute atomic E-state index is 13.0. The van der Waals surface area contributed by atoms with Crippen LogP contribution in [-0.4, -0.2) is 33.4 Å². The number of nitrogens with zero attached hydrogens (tertiary/aromatic N) is 3. The summed E-state index contributed by atoms with van der Waals surface area (Å²) in [6.07, 6.45) is -0.885. The molecule has 1 unspecified atom stereocenters. The molecule has 35 heavy (non-hydrogen) atoms. The van der Waals surface area contributed by atoms with Crippen molar-refractivity contribution in [2.24, 2.45) is 5.73 Å². The summed E-state index contributed by atoms with van der Waals surface area (Å²) in [5.41, 5.74) is 5.62. The van der Waals surface area contributed by atoms with E-state index in [1.165, 1.54) is 11.3 Å². The van der Waals surface area contributed by atoms with Crippen LogP contribution in [-0.2, 0) is 16.5 Å². The Hall–Kier alpha value is -3.74. The largest absolute Gasteiger partial charge is 0.433 e. The number of halogens is 3. The number of urea groups is 1. The fraction of sp³-hybridized carbons (Fsp3) is 0.318. The summed E-state index contributed by atoms with van der Waals surface area (Å²) in [7, 11) is 0. The molecule has 9 nitrogen and oxygen atoms in total. The van der Waals surface area contributed by atoms with Gasteiger partial charge in [-0.3, -0.25) is 4.79 Å². The first kappa shape index (κ1) is 24.4. The van der Waals surface area contributed by atoms with Crippen LogP contribution in [0.2, 0.25) is 0 Å². The molecule has 13 heteroatoms. The predicted molar refractivity (Wildman–Crippen MR) is 124 cm³/mol. The number of benzene rings is 1. The number of anilines is 2. The smallest absolute Gasteiger partial charge is 0.356 e. The quantitative estimate of drug-likeness (QED) is 0.416. The number of hydrogen-bond acceptors (Lipinski definition) is 7. The fourth-order valence-corrected chi connectivity index (χ4v) is 5.02. The van der Waals surface area contributed by atoms with Gasteiger partial charge < -0.3 is 21.7 Å². The van der Waals surface area contributed by atoms with E-state index >= 15 is 0 Å². The molecule has 0 saturated carbocycles. The van der Waals surface area contributed by atoms with Crippen molar-refractivity contribution < 1.29 is 22.8 Å². The van der Waals surface area contributed by atoms with Crippen LogP contribution in [0.1, 0.15) is 35.5 Å². The van der Waals surface area contributed by atoms with Gasteiger partial charge in [0.2, 0.25) is 11.9 Å². The lowest BCUT2D eigenvalue weighted by molar-refractivity contribution is -0.141. The van der Waals surface area contributed by atoms with Gasteiger partial charge in [0.1, 0.15) is 10.7 Å². The third-order valence-corrected chi connectivity index (χ3v) is 6.74. The number of aryl methyl sites for hydroxylation is 1. The van der Waals surface area contributed by atoms with E-state index in [0.717, 1.165) is 28.3 Å². The minimum absolute atomic E-state index is 0.110. The van der Waals surface area contributed by atoms with Gasteiger partial charge in [-0.2, -0.15) is 13.2 Å². The second-order valence-corrected chi connectivity index (χ2v) is 9.21. The normalized spacial score (nSPS) is 18.5. The summed E-state index contributed by atoms with van der Waals surface area (Å²) in [6, 6.07) is 5.51. The molecule has 3 heterocycles. The third kappa shape index (κ3) is 5.67. The Kier molecular flexibility index (Phi) is 6.61. The summed E-state index contributed by atoms with van der Waals surface area (Å²) < 4.78 is 39.0. The Morgan fingerprint density at radius 2 is 2.03 bits per heavy atom. The van der Waals surface area contributed by atoms with Crippen molar-refractivity contribution in [1.82, 2.24) is 25.6 Å². The molecule has 5 N–H and O–H groups in total. The van der Waals surface area contributed by atoms with Crippen molar-refractivity contribution >= 4 is 34.9 Å². The minimum atomic E-state index is -4.58. The number of rotatable bonds is 5.